The third-order valence-corrected chi connectivity index (χ3v) is 7.54. The minimum atomic E-state index is -1.37. The van der Waals surface area contributed by atoms with E-state index in [0.29, 0.717) is 14.8 Å². The molecular formula is C22H12ClF2N3O6S2. The number of methoxy groups -OCH3 is 1. The summed E-state index contributed by atoms with van der Waals surface area (Å²) in [4.78, 5) is 43.5. The molecule has 9 nitrogen and oxygen atoms in total. The average molecular weight is 552 g/mol. The fourth-order valence-corrected chi connectivity index (χ4v) is 5.55. The largest absolute Gasteiger partial charge is 0.493 e. The summed E-state index contributed by atoms with van der Waals surface area (Å²) >= 11 is 8.04. The van der Waals surface area contributed by atoms with E-state index in [1.165, 1.54) is 29.3 Å². The van der Waals surface area contributed by atoms with Gasteiger partial charge < -0.3 is 19.6 Å². The van der Waals surface area contributed by atoms with Crippen molar-refractivity contribution in [3.8, 4) is 17.2 Å². The van der Waals surface area contributed by atoms with Gasteiger partial charge in [-0.1, -0.05) is 11.6 Å². The first-order valence-electron chi connectivity index (χ1n) is 9.91. The van der Waals surface area contributed by atoms with Gasteiger partial charge in [0.1, 0.15) is 17.3 Å². The molecule has 14 heteroatoms. The van der Waals surface area contributed by atoms with Crippen molar-refractivity contribution < 1.29 is 28.2 Å². The molecule has 0 unspecified atom stereocenters. The maximum Gasteiger partial charge on any atom is 0.346 e. The first-order valence-corrected chi connectivity index (χ1v) is 12.1. The van der Waals surface area contributed by atoms with Gasteiger partial charge in [-0.05, 0) is 6.07 Å². The monoisotopic (exact) mass is 551 g/mol. The van der Waals surface area contributed by atoms with Crippen LogP contribution in [-0.2, 0) is 6.61 Å². The Morgan fingerprint density at radius 1 is 1.19 bits per heavy atom. The molecule has 0 radical (unpaired) electrons. The summed E-state index contributed by atoms with van der Waals surface area (Å²) in [7, 11) is 1.25. The van der Waals surface area contributed by atoms with Crippen molar-refractivity contribution in [2.75, 3.05) is 7.11 Å². The van der Waals surface area contributed by atoms with Gasteiger partial charge in [-0.15, -0.1) is 22.7 Å². The number of thiazole rings is 1. The highest BCUT2D eigenvalue weighted by molar-refractivity contribution is 7.17. The molecule has 0 aliphatic rings. The first kappa shape index (κ1) is 23.9. The number of rotatable bonds is 6. The van der Waals surface area contributed by atoms with E-state index >= 15 is 4.39 Å². The Labute approximate surface area is 211 Å². The number of aromatic amines is 1. The summed E-state index contributed by atoms with van der Waals surface area (Å²) < 4.78 is 41.6. The Kier molecular flexibility index (Phi) is 5.98. The Bertz CT molecular complexity index is 1810. The molecule has 36 heavy (non-hydrogen) atoms. The molecule has 0 aliphatic heterocycles. The molecule has 5 aromatic rings. The number of nitrogens with zero attached hydrogens (tertiary/aromatic N) is 2. The molecule has 0 saturated heterocycles. The summed E-state index contributed by atoms with van der Waals surface area (Å²) in [6.45, 7) is -0.358. The van der Waals surface area contributed by atoms with Crippen LogP contribution in [-0.4, -0.2) is 32.7 Å². The number of fused-ring (bicyclic) bond motifs is 2. The lowest BCUT2D eigenvalue weighted by Crippen LogP contribution is -2.34. The van der Waals surface area contributed by atoms with Gasteiger partial charge in [0.05, 0.1) is 50.0 Å². The number of carbonyl (C=O) groups is 1. The second-order valence-electron chi connectivity index (χ2n) is 7.32. The zero-order valence-electron chi connectivity index (χ0n) is 17.9. The lowest BCUT2D eigenvalue weighted by Gasteiger charge is -2.15. The summed E-state index contributed by atoms with van der Waals surface area (Å²) in [5, 5.41) is 10.6. The fraction of sp³-hybridized carbons (Fsp3) is 0.0909. The number of nitrogens with one attached hydrogen (secondary N) is 1. The van der Waals surface area contributed by atoms with E-state index in [0.717, 1.165) is 29.5 Å². The molecule has 0 fully saturated rings. The number of benzene rings is 2. The Balaban J connectivity index is 1.63. The maximum absolute atomic E-state index is 15.0. The number of carboxylic acids is 1. The molecule has 0 atom stereocenters. The first-order chi connectivity index (χ1) is 17.2. The van der Waals surface area contributed by atoms with E-state index in [4.69, 9.17) is 21.1 Å². The Morgan fingerprint density at radius 3 is 2.69 bits per heavy atom. The van der Waals surface area contributed by atoms with Gasteiger partial charge in [0, 0.05) is 17.5 Å². The van der Waals surface area contributed by atoms with E-state index in [9.17, 15) is 23.9 Å². The minimum absolute atomic E-state index is 0.0135. The van der Waals surface area contributed by atoms with Crippen LogP contribution in [0.3, 0.4) is 0 Å². The smallest absolute Gasteiger partial charge is 0.346 e. The van der Waals surface area contributed by atoms with Crippen molar-refractivity contribution in [3.63, 3.8) is 0 Å². The number of H-pyrrole nitrogens is 1. The second-order valence-corrected chi connectivity index (χ2v) is 9.46. The standard InChI is InChI=1S/C22H12ClF2N3O6S2/c1-33-14-3-11(25)13(28-20(29)16-12(27-22(28)32)6-35-19(16)21(30)31)4-15(14)34-5-8-10(24)2-9(23)18-17(8)26-7-36-18/h2-4,6-7H,5H2,1H3,(H,27,32)(H,30,31). The van der Waals surface area contributed by atoms with E-state index in [1.54, 1.807) is 0 Å². The Morgan fingerprint density at radius 2 is 1.97 bits per heavy atom. The van der Waals surface area contributed by atoms with Gasteiger partial charge in [-0.25, -0.2) is 27.9 Å². The topological polar surface area (TPSA) is 124 Å². The molecule has 2 N–H and O–H groups in total. The number of thiophene rings is 1. The van der Waals surface area contributed by atoms with Crippen LogP contribution in [0.4, 0.5) is 8.78 Å². The van der Waals surface area contributed by atoms with Gasteiger partial charge in [-0.3, -0.25) is 4.79 Å². The molecule has 0 spiro atoms. The maximum atomic E-state index is 15.0. The molecule has 0 bridgehead atoms. The Hall–Kier alpha value is -3.81. The summed E-state index contributed by atoms with van der Waals surface area (Å²) in [5.41, 5.74) is -0.648. The van der Waals surface area contributed by atoms with Crippen LogP contribution in [0.2, 0.25) is 5.02 Å². The third kappa shape index (κ3) is 3.81. The molecule has 2 aromatic carbocycles. The number of aromatic nitrogens is 3. The van der Waals surface area contributed by atoms with Crippen molar-refractivity contribution in [3.05, 3.63) is 77.0 Å². The normalized spacial score (nSPS) is 11.3. The molecule has 5 rings (SSSR count). The van der Waals surface area contributed by atoms with Crippen LogP contribution in [0, 0.1) is 11.6 Å². The van der Waals surface area contributed by atoms with Crippen LogP contribution < -0.4 is 20.7 Å². The zero-order valence-corrected chi connectivity index (χ0v) is 20.3. The fourth-order valence-electron chi connectivity index (χ4n) is 3.68. The van der Waals surface area contributed by atoms with E-state index < -0.39 is 34.5 Å². The minimum Gasteiger partial charge on any atom is -0.493 e. The highest BCUT2D eigenvalue weighted by atomic mass is 35.5. The number of ether oxygens (including phenoxy) is 2. The van der Waals surface area contributed by atoms with Crippen molar-refractivity contribution >= 4 is 61.4 Å². The highest BCUT2D eigenvalue weighted by Gasteiger charge is 2.23. The van der Waals surface area contributed by atoms with Crippen LogP contribution in [0.5, 0.6) is 11.5 Å². The SMILES string of the molecule is COc1cc(F)c(-n2c(=O)[nH]c3csc(C(=O)O)c3c2=O)cc1OCc1c(F)cc(Cl)c2scnc12. The van der Waals surface area contributed by atoms with Gasteiger partial charge in [0.15, 0.2) is 17.3 Å². The van der Waals surface area contributed by atoms with E-state index in [1.807, 2.05) is 0 Å². The van der Waals surface area contributed by atoms with Crippen LogP contribution in [0.15, 0.2) is 38.7 Å². The van der Waals surface area contributed by atoms with Gasteiger partial charge in [0.25, 0.3) is 5.56 Å². The second kappa shape index (κ2) is 9.00. The molecule has 3 heterocycles. The summed E-state index contributed by atoms with van der Waals surface area (Å²) in [6, 6.07) is 3.06. The predicted molar refractivity (Wildman–Crippen MR) is 130 cm³/mol. The molecular weight excluding hydrogens is 540 g/mol. The zero-order chi connectivity index (χ0) is 25.7. The molecule has 0 aliphatic carbocycles. The van der Waals surface area contributed by atoms with Gasteiger partial charge in [-0.2, -0.15) is 0 Å². The molecule has 0 amide bonds. The van der Waals surface area contributed by atoms with Gasteiger partial charge in [0.2, 0.25) is 0 Å². The van der Waals surface area contributed by atoms with Crippen molar-refractivity contribution in [1.29, 1.82) is 0 Å². The lowest BCUT2D eigenvalue weighted by atomic mass is 10.2. The van der Waals surface area contributed by atoms with Crippen LogP contribution >= 0.6 is 34.3 Å². The molecule has 184 valence electrons. The van der Waals surface area contributed by atoms with E-state index in [2.05, 4.69) is 9.97 Å². The van der Waals surface area contributed by atoms with Crippen molar-refractivity contribution in [1.82, 2.24) is 14.5 Å². The van der Waals surface area contributed by atoms with Crippen LogP contribution in [0.1, 0.15) is 15.2 Å². The molecule has 3 aromatic heterocycles. The quantitative estimate of drug-likeness (QED) is 0.317. The highest BCUT2D eigenvalue weighted by Crippen LogP contribution is 2.35. The summed E-state index contributed by atoms with van der Waals surface area (Å²) in [6.07, 6.45) is 0. The van der Waals surface area contributed by atoms with Crippen molar-refractivity contribution in [2.45, 2.75) is 6.61 Å². The van der Waals surface area contributed by atoms with Crippen LogP contribution in [0.25, 0.3) is 26.8 Å². The number of carboxylic acid groups (broad SMARTS) is 1. The number of halogens is 3. The predicted octanol–water partition coefficient (Wildman–Crippen LogP) is 4.57. The average Bonchev–Trinajstić information content (AvgIpc) is 3.48. The number of hydrogen-bond acceptors (Lipinski definition) is 8. The van der Waals surface area contributed by atoms with Crippen molar-refractivity contribution in [2.24, 2.45) is 0 Å². The van der Waals surface area contributed by atoms with Gasteiger partial charge >= 0.3 is 11.7 Å². The van der Waals surface area contributed by atoms with E-state index in [-0.39, 0.29) is 44.5 Å². The molecule has 0 saturated carbocycles. The third-order valence-electron chi connectivity index (χ3n) is 5.30. The number of hydrogen-bond donors (Lipinski definition) is 2. The lowest BCUT2D eigenvalue weighted by molar-refractivity contribution is 0.0704. The summed E-state index contributed by atoms with van der Waals surface area (Å²) in [5.74, 6) is -3.26. The number of aromatic carboxylic acids is 1.